The van der Waals surface area contributed by atoms with Crippen molar-refractivity contribution in [2.45, 2.75) is 51.1 Å². The predicted molar refractivity (Wildman–Crippen MR) is 73.2 cm³/mol. The standard InChI is InChI=1S/C14H24N4/c15-14-7-9-18(16-14)11-10-17-8-3-5-12-4-1-2-6-13(12)17/h7,9,12-13H,1-6,8,10-11H2,(H2,15,16). The maximum atomic E-state index is 5.65. The molecule has 0 spiro atoms. The Kier molecular flexibility index (Phi) is 3.55. The molecule has 1 aliphatic heterocycles. The summed E-state index contributed by atoms with van der Waals surface area (Å²) in [5, 5.41) is 4.27. The molecular weight excluding hydrogens is 224 g/mol. The van der Waals surface area contributed by atoms with Gasteiger partial charge in [0.1, 0.15) is 5.82 Å². The first kappa shape index (κ1) is 12.0. The summed E-state index contributed by atoms with van der Waals surface area (Å²) in [4.78, 5) is 2.70. The van der Waals surface area contributed by atoms with E-state index < -0.39 is 0 Å². The number of fused-ring (bicyclic) bond motifs is 1. The molecule has 2 N–H and O–H groups in total. The van der Waals surface area contributed by atoms with Crippen LogP contribution in [-0.4, -0.2) is 33.8 Å². The normalized spacial score (nSPS) is 29.1. The lowest BCUT2D eigenvalue weighted by atomic mass is 9.78. The molecule has 18 heavy (non-hydrogen) atoms. The lowest BCUT2D eigenvalue weighted by Gasteiger charge is -2.44. The molecule has 4 heteroatoms. The minimum Gasteiger partial charge on any atom is -0.382 e. The number of likely N-dealkylation sites (tertiary alicyclic amines) is 1. The Hall–Kier alpha value is -1.03. The molecule has 0 radical (unpaired) electrons. The summed E-state index contributed by atoms with van der Waals surface area (Å²) >= 11 is 0. The minimum atomic E-state index is 0.629. The van der Waals surface area contributed by atoms with Crippen molar-refractivity contribution in [2.75, 3.05) is 18.8 Å². The Bertz CT molecular complexity index is 385. The van der Waals surface area contributed by atoms with Gasteiger partial charge in [-0.3, -0.25) is 9.58 Å². The van der Waals surface area contributed by atoms with E-state index in [1.54, 1.807) is 0 Å². The van der Waals surface area contributed by atoms with Crippen LogP contribution in [0.2, 0.25) is 0 Å². The van der Waals surface area contributed by atoms with Gasteiger partial charge in [-0.05, 0) is 44.2 Å². The summed E-state index contributed by atoms with van der Waals surface area (Å²) in [7, 11) is 0. The molecule has 0 amide bonds. The van der Waals surface area contributed by atoms with E-state index in [1.165, 1.54) is 45.1 Å². The smallest absolute Gasteiger partial charge is 0.145 e. The quantitative estimate of drug-likeness (QED) is 0.891. The van der Waals surface area contributed by atoms with Crippen LogP contribution >= 0.6 is 0 Å². The summed E-state index contributed by atoms with van der Waals surface area (Å²) in [5.41, 5.74) is 5.65. The molecule has 2 fully saturated rings. The molecule has 1 saturated carbocycles. The number of aromatic nitrogens is 2. The third-order valence-corrected chi connectivity index (χ3v) is 4.64. The van der Waals surface area contributed by atoms with Gasteiger partial charge in [0.25, 0.3) is 0 Å². The molecule has 1 aromatic rings. The number of nitrogens with zero attached hydrogens (tertiary/aromatic N) is 3. The molecule has 0 aromatic carbocycles. The van der Waals surface area contributed by atoms with E-state index in [2.05, 4.69) is 10.00 Å². The zero-order chi connectivity index (χ0) is 12.4. The Balaban J connectivity index is 1.57. The number of rotatable bonds is 3. The maximum Gasteiger partial charge on any atom is 0.145 e. The number of hydrogen-bond donors (Lipinski definition) is 1. The molecule has 3 rings (SSSR count). The zero-order valence-electron chi connectivity index (χ0n) is 11.1. The van der Waals surface area contributed by atoms with Crippen LogP contribution in [0.5, 0.6) is 0 Å². The molecule has 100 valence electrons. The third-order valence-electron chi connectivity index (χ3n) is 4.64. The predicted octanol–water partition coefficient (Wildman–Crippen LogP) is 2.12. The number of hydrogen-bond acceptors (Lipinski definition) is 3. The fraction of sp³-hybridized carbons (Fsp3) is 0.786. The van der Waals surface area contributed by atoms with Gasteiger partial charge in [0.2, 0.25) is 0 Å². The van der Waals surface area contributed by atoms with Crippen LogP contribution in [0.3, 0.4) is 0 Å². The second-order valence-corrected chi connectivity index (χ2v) is 5.79. The summed E-state index contributed by atoms with van der Waals surface area (Å²) in [6.07, 6.45) is 10.6. The number of anilines is 1. The Morgan fingerprint density at radius 1 is 1.17 bits per heavy atom. The van der Waals surface area contributed by atoms with Gasteiger partial charge in [-0.25, -0.2) is 0 Å². The van der Waals surface area contributed by atoms with Gasteiger partial charge in [0.05, 0.1) is 6.54 Å². The van der Waals surface area contributed by atoms with E-state index in [-0.39, 0.29) is 0 Å². The van der Waals surface area contributed by atoms with Crippen molar-refractivity contribution in [3.05, 3.63) is 12.3 Å². The van der Waals surface area contributed by atoms with Crippen molar-refractivity contribution >= 4 is 5.82 Å². The molecule has 1 saturated heterocycles. The maximum absolute atomic E-state index is 5.65. The fourth-order valence-electron chi connectivity index (χ4n) is 3.74. The van der Waals surface area contributed by atoms with Crippen molar-refractivity contribution < 1.29 is 0 Å². The van der Waals surface area contributed by atoms with Gasteiger partial charge in [-0.15, -0.1) is 0 Å². The Morgan fingerprint density at radius 3 is 2.83 bits per heavy atom. The summed E-state index contributed by atoms with van der Waals surface area (Å²) in [5.74, 6) is 1.60. The second-order valence-electron chi connectivity index (χ2n) is 5.79. The van der Waals surface area contributed by atoms with E-state index in [0.717, 1.165) is 25.0 Å². The van der Waals surface area contributed by atoms with E-state index in [0.29, 0.717) is 5.82 Å². The summed E-state index contributed by atoms with van der Waals surface area (Å²) < 4.78 is 1.97. The van der Waals surface area contributed by atoms with Crippen molar-refractivity contribution in [3.8, 4) is 0 Å². The van der Waals surface area contributed by atoms with Gasteiger partial charge in [0.15, 0.2) is 0 Å². The number of piperidine rings is 1. The Morgan fingerprint density at radius 2 is 2.00 bits per heavy atom. The molecule has 2 heterocycles. The van der Waals surface area contributed by atoms with Crippen LogP contribution in [-0.2, 0) is 6.54 Å². The minimum absolute atomic E-state index is 0.629. The second kappa shape index (κ2) is 5.31. The van der Waals surface area contributed by atoms with E-state index in [9.17, 15) is 0 Å². The topological polar surface area (TPSA) is 47.1 Å². The van der Waals surface area contributed by atoms with E-state index in [1.807, 2.05) is 16.9 Å². The van der Waals surface area contributed by atoms with E-state index >= 15 is 0 Å². The van der Waals surface area contributed by atoms with Crippen LogP contribution in [0.15, 0.2) is 12.3 Å². The average molecular weight is 248 g/mol. The highest BCUT2D eigenvalue weighted by atomic mass is 15.3. The monoisotopic (exact) mass is 248 g/mol. The van der Waals surface area contributed by atoms with Gasteiger partial charge in [0, 0.05) is 18.8 Å². The van der Waals surface area contributed by atoms with Crippen molar-refractivity contribution in [1.82, 2.24) is 14.7 Å². The first-order chi connectivity index (χ1) is 8.83. The van der Waals surface area contributed by atoms with Crippen LogP contribution < -0.4 is 5.73 Å². The van der Waals surface area contributed by atoms with Gasteiger partial charge >= 0.3 is 0 Å². The molecule has 1 aliphatic carbocycles. The van der Waals surface area contributed by atoms with Crippen molar-refractivity contribution in [3.63, 3.8) is 0 Å². The third kappa shape index (κ3) is 2.53. The lowest BCUT2D eigenvalue weighted by molar-refractivity contribution is 0.0574. The van der Waals surface area contributed by atoms with Crippen molar-refractivity contribution in [1.29, 1.82) is 0 Å². The number of nitrogen functional groups attached to an aromatic ring is 1. The van der Waals surface area contributed by atoms with Crippen LogP contribution in [0.4, 0.5) is 5.82 Å². The fourth-order valence-corrected chi connectivity index (χ4v) is 3.74. The zero-order valence-corrected chi connectivity index (χ0v) is 11.1. The summed E-state index contributed by atoms with van der Waals surface area (Å²) in [6, 6.07) is 2.72. The highest BCUT2D eigenvalue weighted by molar-refractivity contribution is 5.23. The van der Waals surface area contributed by atoms with Gasteiger partial charge in [-0.2, -0.15) is 5.10 Å². The molecule has 2 atom stereocenters. The van der Waals surface area contributed by atoms with Crippen LogP contribution in [0.25, 0.3) is 0 Å². The first-order valence-electron chi connectivity index (χ1n) is 7.36. The molecule has 0 bridgehead atoms. The summed E-state index contributed by atoms with van der Waals surface area (Å²) in [6.45, 7) is 3.38. The average Bonchev–Trinajstić information content (AvgIpc) is 2.82. The van der Waals surface area contributed by atoms with Crippen molar-refractivity contribution in [2.24, 2.45) is 5.92 Å². The number of nitrogens with two attached hydrogens (primary N) is 1. The molecule has 2 unspecified atom stereocenters. The first-order valence-corrected chi connectivity index (χ1v) is 7.36. The van der Waals surface area contributed by atoms with Crippen LogP contribution in [0, 0.1) is 5.92 Å². The largest absolute Gasteiger partial charge is 0.382 e. The highest BCUT2D eigenvalue weighted by Crippen LogP contribution is 2.34. The molecule has 2 aliphatic rings. The highest BCUT2D eigenvalue weighted by Gasteiger charge is 2.32. The molecule has 4 nitrogen and oxygen atoms in total. The van der Waals surface area contributed by atoms with E-state index in [4.69, 9.17) is 5.73 Å². The van der Waals surface area contributed by atoms with Gasteiger partial charge < -0.3 is 5.73 Å². The molecular formula is C14H24N4. The molecule has 1 aromatic heterocycles. The SMILES string of the molecule is Nc1ccn(CCN2CCCC3CCCCC32)n1. The lowest BCUT2D eigenvalue weighted by Crippen LogP contribution is -2.47. The Labute approximate surface area is 109 Å². The van der Waals surface area contributed by atoms with Gasteiger partial charge in [-0.1, -0.05) is 12.8 Å². The van der Waals surface area contributed by atoms with Crippen LogP contribution in [0.1, 0.15) is 38.5 Å².